The van der Waals surface area contributed by atoms with Gasteiger partial charge < -0.3 is 5.73 Å². The van der Waals surface area contributed by atoms with Crippen LogP contribution in [0.25, 0.3) is 0 Å². The van der Waals surface area contributed by atoms with E-state index in [9.17, 15) is 0 Å². The number of hydrogen-bond acceptors (Lipinski definition) is 2. The van der Waals surface area contributed by atoms with E-state index in [-0.39, 0.29) is 0 Å². The van der Waals surface area contributed by atoms with Gasteiger partial charge in [-0.2, -0.15) is 11.8 Å². The predicted molar refractivity (Wildman–Crippen MR) is 68.8 cm³/mol. The van der Waals surface area contributed by atoms with E-state index in [1.54, 1.807) is 0 Å². The summed E-state index contributed by atoms with van der Waals surface area (Å²) in [6.07, 6.45) is 3.76. The third kappa shape index (κ3) is 7.69. The standard InChI is InChI=1S/C12H27NS/c1-5-11(6-2)7-12(13)9-14-8-10(3)4/h10-12H,5-9,13H2,1-4H3. The largest absolute Gasteiger partial charge is 0.327 e. The molecule has 0 aromatic heterocycles. The molecule has 0 aromatic rings. The van der Waals surface area contributed by atoms with Gasteiger partial charge in [0.15, 0.2) is 0 Å². The zero-order valence-corrected chi connectivity index (χ0v) is 11.1. The summed E-state index contributed by atoms with van der Waals surface area (Å²) in [6, 6.07) is 0.406. The van der Waals surface area contributed by atoms with Crippen LogP contribution in [-0.4, -0.2) is 17.5 Å². The summed E-state index contributed by atoms with van der Waals surface area (Å²) in [4.78, 5) is 0. The zero-order chi connectivity index (χ0) is 11.0. The average Bonchev–Trinajstić information content (AvgIpc) is 2.13. The van der Waals surface area contributed by atoms with Gasteiger partial charge in [-0.3, -0.25) is 0 Å². The van der Waals surface area contributed by atoms with E-state index in [2.05, 4.69) is 27.7 Å². The molecule has 2 N–H and O–H groups in total. The summed E-state index contributed by atoms with van der Waals surface area (Å²) in [6.45, 7) is 9.06. The Labute approximate surface area is 94.2 Å². The first-order valence-electron chi connectivity index (χ1n) is 5.93. The van der Waals surface area contributed by atoms with Crippen LogP contribution in [0.2, 0.25) is 0 Å². The van der Waals surface area contributed by atoms with Gasteiger partial charge in [-0.1, -0.05) is 40.5 Å². The lowest BCUT2D eigenvalue weighted by Crippen LogP contribution is -2.26. The second-order valence-corrected chi connectivity index (χ2v) is 5.68. The normalized spacial score (nSPS) is 13.9. The predicted octanol–water partition coefficient (Wildman–Crippen LogP) is 3.53. The van der Waals surface area contributed by atoms with E-state index in [1.807, 2.05) is 11.8 Å². The lowest BCUT2D eigenvalue weighted by Gasteiger charge is -2.18. The van der Waals surface area contributed by atoms with Crippen LogP contribution in [0, 0.1) is 11.8 Å². The van der Waals surface area contributed by atoms with Crippen molar-refractivity contribution in [2.24, 2.45) is 17.6 Å². The van der Waals surface area contributed by atoms with Crippen LogP contribution in [0.1, 0.15) is 47.0 Å². The Morgan fingerprint density at radius 1 is 1.07 bits per heavy atom. The van der Waals surface area contributed by atoms with E-state index >= 15 is 0 Å². The number of rotatable bonds is 8. The molecule has 0 saturated heterocycles. The quantitative estimate of drug-likeness (QED) is 0.673. The first kappa shape index (κ1) is 14.3. The summed E-state index contributed by atoms with van der Waals surface area (Å²) in [5.74, 6) is 4.01. The van der Waals surface area contributed by atoms with Gasteiger partial charge in [-0.25, -0.2) is 0 Å². The van der Waals surface area contributed by atoms with E-state index in [4.69, 9.17) is 5.73 Å². The van der Waals surface area contributed by atoms with Crippen molar-refractivity contribution in [3.8, 4) is 0 Å². The van der Waals surface area contributed by atoms with Crippen LogP contribution in [0.15, 0.2) is 0 Å². The summed E-state index contributed by atoms with van der Waals surface area (Å²) < 4.78 is 0. The topological polar surface area (TPSA) is 26.0 Å². The summed E-state index contributed by atoms with van der Waals surface area (Å²) in [5, 5.41) is 0. The Morgan fingerprint density at radius 3 is 2.07 bits per heavy atom. The Morgan fingerprint density at radius 2 is 1.64 bits per heavy atom. The van der Waals surface area contributed by atoms with Crippen LogP contribution in [0.5, 0.6) is 0 Å². The molecule has 1 unspecified atom stereocenters. The first-order valence-corrected chi connectivity index (χ1v) is 7.08. The van der Waals surface area contributed by atoms with Crippen molar-refractivity contribution < 1.29 is 0 Å². The minimum Gasteiger partial charge on any atom is -0.327 e. The molecule has 0 bridgehead atoms. The Bertz CT molecular complexity index is 121. The van der Waals surface area contributed by atoms with E-state index in [0.29, 0.717) is 6.04 Å². The maximum Gasteiger partial charge on any atom is 0.0133 e. The van der Waals surface area contributed by atoms with E-state index < -0.39 is 0 Å². The molecule has 0 aromatic carbocycles. The molecule has 0 aliphatic rings. The Balaban J connectivity index is 3.48. The van der Waals surface area contributed by atoms with E-state index in [0.717, 1.165) is 17.6 Å². The maximum absolute atomic E-state index is 6.09. The van der Waals surface area contributed by atoms with Crippen LogP contribution >= 0.6 is 11.8 Å². The fourth-order valence-corrected chi connectivity index (χ4v) is 2.62. The minimum absolute atomic E-state index is 0.406. The smallest absolute Gasteiger partial charge is 0.0133 e. The van der Waals surface area contributed by atoms with Crippen LogP contribution in [0.4, 0.5) is 0 Å². The van der Waals surface area contributed by atoms with Crippen molar-refractivity contribution in [1.82, 2.24) is 0 Å². The molecule has 0 rings (SSSR count). The van der Waals surface area contributed by atoms with Crippen LogP contribution < -0.4 is 5.73 Å². The van der Waals surface area contributed by atoms with Gasteiger partial charge in [0, 0.05) is 11.8 Å². The molecule has 0 fully saturated rings. The molecule has 0 saturated carbocycles. The summed E-state index contributed by atoms with van der Waals surface area (Å²) in [7, 11) is 0. The second-order valence-electron chi connectivity index (χ2n) is 4.61. The van der Waals surface area contributed by atoms with Gasteiger partial charge in [0.1, 0.15) is 0 Å². The molecule has 2 heteroatoms. The molecule has 14 heavy (non-hydrogen) atoms. The molecule has 0 spiro atoms. The number of thioether (sulfide) groups is 1. The molecule has 1 atom stereocenters. The summed E-state index contributed by atoms with van der Waals surface area (Å²) in [5.41, 5.74) is 6.09. The van der Waals surface area contributed by atoms with Gasteiger partial charge in [0.05, 0.1) is 0 Å². The van der Waals surface area contributed by atoms with Crippen LogP contribution in [0.3, 0.4) is 0 Å². The van der Waals surface area contributed by atoms with Crippen molar-refractivity contribution >= 4 is 11.8 Å². The first-order chi connectivity index (χ1) is 6.60. The highest BCUT2D eigenvalue weighted by Crippen LogP contribution is 2.17. The molecular formula is C12H27NS. The van der Waals surface area contributed by atoms with Crippen molar-refractivity contribution in [1.29, 1.82) is 0 Å². The molecular weight excluding hydrogens is 190 g/mol. The third-order valence-corrected chi connectivity index (χ3v) is 4.14. The third-order valence-electron chi connectivity index (χ3n) is 2.57. The number of nitrogens with two attached hydrogens (primary N) is 1. The molecule has 0 amide bonds. The van der Waals surface area contributed by atoms with Gasteiger partial charge >= 0.3 is 0 Å². The van der Waals surface area contributed by atoms with Crippen molar-refractivity contribution in [2.45, 2.75) is 53.0 Å². The molecule has 0 aliphatic heterocycles. The van der Waals surface area contributed by atoms with Gasteiger partial charge in [0.2, 0.25) is 0 Å². The monoisotopic (exact) mass is 217 g/mol. The highest BCUT2D eigenvalue weighted by molar-refractivity contribution is 7.99. The Kier molecular flexibility index (Phi) is 8.80. The minimum atomic E-state index is 0.406. The van der Waals surface area contributed by atoms with Gasteiger partial charge in [-0.15, -0.1) is 0 Å². The molecule has 0 aliphatic carbocycles. The lowest BCUT2D eigenvalue weighted by atomic mass is 9.96. The van der Waals surface area contributed by atoms with E-state index in [1.165, 1.54) is 25.0 Å². The average molecular weight is 217 g/mol. The zero-order valence-electron chi connectivity index (χ0n) is 10.3. The second kappa shape index (κ2) is 8.60. The van der Waals surface area contributed by atoms with Crippen molar-refractivity contribution in [3.05, 3.63) is 0 Å². The SMILES string of the molecule is CCC(CC)CC(N)CSCC(C)C. The molecule has 1 nitrogen and oxygen atoms in total. The highest BCUT2D eigenvalue weighted by atomic mass is 32.2. The Hall–Kier alpha value is 0.310. The van der Waals surface area contributed by atoms with Gasteiger partial charge in [-0.05, 0) is 24.0 Å². The fraction of sp³-hybridized carbons (Fsp3) is 1.00. The van der Waals surface area contributed by atoms with Crippen LogP contribution in [-0.2, 0) is 0 Å². The maximum atomic E-state index is 6.09. The van der Waals surface area contributed by atoms with Crippen molar-refractivity contribution in [2.75, 3.05) is 11.5 Å². The molecule has 0 heterocycles. The molecule has 0 radical (unpaired) electrons. The lowest BCUT2D eigenvalue weighted by molar-refractivity contribution is 0.423. The fourth-order valence-electron chi connectivity index (χ4n) is 1.57. The summed E-state index contributed by atoms with van der Waals surface area (Å²) >= 11 is 2.01. The highest BCUT2D eigenvalue weighted by Gasteiger charge is 2.10. The molecule has 86 valence electrons. The van der Waals surface area contributed by atoms with Gasteiger partial charge in [0.25, 0.3) is 0 Å². The van der Waals surface area contributed by atoms with Crippen molar-refractivity contribution in [3.63, 3.8) is 0 Å². The number of hydrogen-bond donors (Lipinski definition) is 1.